The number of amides is 1. The molecule has 9 heteroatoms. The first-order chi connectivity index (χ1) is 17.9. The number of halogens is 1. The number of hydrogen-bond donors (Lipinski definition) is 1. The molecule has 0 saturated carbocycles. The van der Waals surface area contributed by atoms with Gasteiger partial charge in [-0.3, -0.25) is 13.8 Å². The lowest BCUT2D eigenvalue weighted by Crippen LogP contribution is -2.55. The number of rotatable bonds is 12. The monoisotopic (exact) mass is 572 g/mol. The third-order valence-electron chi connectivity index (χ3n) is 7.32. The number of nitrogens with one attached hydrogen (secondary N) is 1. The van der Waals surface area contributed by atoms with Gasteiger partial charge in [-0.15, -0.1) is 0 Å². The molecule has 1 aliphatic rings. The minimum atomic E-state index is -0.965. The molecule has 1 amide bonds. The Morgan fingerprint density at radius 3 is 2.54 bits per heavy atom. The van der Waals surface area contributed by atoms with Crippen molar-refractivity contribution in [1.82, 2.24) is 9.13 Å². The Bertz CT molecular complexity index is 1270. The predicted molar refractivity (Wildman–Crippen MR) is 151 cm³/mol. The molecule has 1 fully saturated rings. The highest BCUT2D eigenvalue weighted by Crippen LogP contribution is 2.33. The molecule has 2 atom stereocenters. The molecule has 0 spiro atoms. The van der Waals surface area contributed by atoms with E-state index in [0.29, 0.717) is 24.1 Å². The maximum atomic E-state index is 13.8. The van der Waals surface area contributed by atoms with E-state index in [2.05, 4.69) is 21.2 Å². The lowest BCUT2D eigenvalue weighted by atomic mass is 10.0. The number of hydrogen-bond acceptors (Lipinski definition) is 5. The molecule has 8 nitrogen and oxygen atoms in total. The number of hydroxylamine groups is 3. The molecule has 0 aliphatic carbocycles. The van der Waals surface area contributed by atoms with E-state index in [-0.39, 0.29) is 18.8 Å². The Morgan fingerprint density at radius 1 is 1.08 bits per heavy atom. The summed E-state index contributed by atoms with van der Waals surface area (Å²) in [6.07, 6.45) is 6.90. The summed E-state index contributed by atoms with van der Waals surface area (Å²) in [5, 5.41) is 18.3. The Hall–Kier alpha value is -2.62. The van der Waals surface area contributed by atoms with Crippen LogP contribution in [0.25, 0.3) is 11.0 Å². The molecule has 0 radical (unpaired) electrons. The Labute approximate surface area is 226 Å². The zero-order chi connectivity index (χ0) is 26.4. The second kappa shape index (κ2) is 12.3. The summed E-state index contributed by atoms with van der Waals surface area (Å²) in [5.74, 6) is 0.240. The molecule has 1 N–H and O–H groups in total. The zero-order valence-electron chi connectivity index (χ0n) is 21.7. The number of methoxy groups -OCH3 is 1. The number of quaternary nitrogens is 1. The minimum Gasteiger partial charge on any atom is -0.625 e. The first kappa shape index (κ1) is 27.4. The third-order valence-corrected chi connectivity index (χ3v) is 7.88. The van der Waals surface area contributed by atoms with Crippen molar-refractivity contribution in [3.8, 4) is 5.75 Å². The van der Waals surface area contributed by atoms with Gasteiger partial charge in [0.05, 0.1) is 30.4 Å². The summed E-state index contributed by atoms with van der Waals surface area (Å²) < 4.78 is 7.37. The van der Waals surface area contributed by atoms with Gasteiger partial charge in [-0.05, 0) is 62.1 Å². The lowest BCUT2D eigenvalue weighted by molar-refractivity contribution is -0.823. The smallest absolute Gasteiger partial charge is 0.337 e. The van der Waals surface area contributed by atoms with Crippen molar-refractivity contribution < 1.29 is 14.2 Å². The lowest BCUT2D eigenvalue weighted by Gasteiger charge is -2.45. The van der Waals surface area contributed by atoms with Gasteiger partial charge in [0.2, 0.25) is 0 Å². The summed E-state index contributed by atoms with van der Waals surface area (Å²) in [6, 6.07) is 12.2. The number of aryl methyl sites for hydroxylation is 1. The van der Waals surface area contributed by atoms with Gasteiger partial charge in [-0.1, -0.05) is 41.3 Å². The SMILES string of the molecule is COc1ccc(C[N+]2([O-])CCCC(n3c(=O)n(C)c4c(NCCCCCCCBr)cccc43)C2=O)cc1. The number of carbonyl (C=O) groups is 1. The molecule has 0 bridgehead atoms. The number of fused-ring (bicyclic) bond motifs is 1. The summed E-state index contributed by atoms with van der Waals surface area (Å²) >= 11 is 3.47. The highest BCUT2D eigenvalue weighted by atomic mass is 79.9. The molecule has 1 aliphatic heterocycles. The molecular formula is C28H37BrN4O4. The number of imidazole rings is 1. The van der Waals surface area contributed by atoms with Crippen LogP contribution in [0.15, 0.2) is 47.3 Å². The van der Waals surface area contributed by atoms with Crippen LogP contribution >= 0.6 is 15.9 Å². The van der Waals surface area contributed by atoms with Crippen molar-refractivity contribution in [1.29, 1.82) is 0 Å². The van der Waals surface area contributed by atoms with E-state index in [1.807, 2.05) is 30.3 Å². The van der Waals surface area contributed by atoms with Gasteiger partial charge in [0.25, 0.3) is 0 Å². The first-order valence-electron chi connectivity index (χ1n) is 13.1. The van der Waals surface area contributed by atoms with E-state index in [4.69, 9.17) is 4.74 Å². The van der Waals surface area contributed by atoms with Crippen molar-refractivity contribution in [2.75, 3.05) is 30.8 Å². The van der Waals surface area contributed by atoms with Gasteiger partial charge >= 0.3 is 11.6 Å². The van der Waals surface area contributed by atoms with E-state index < -0.39 is 16.6 Å². The van der Waals surface area contributed by atoms with Crippen LogP contribution in [0, 0.1) is 5.21 Å². The fourth-order valence-corrected chi connectivity index (χ4v) is 5.72. The normalized spacial score (nSPS) is 19.9. The standard InChI is InChI=1S/C28H37BrN4O4/c1-31-26-23(30-18-7-5-3-4-6-17-29)10-8-11-24(26)32(28(31)35)25-12-9-19-33(36,27(25)34)20-21-13-15-22(37-2)16-14-21/h8,10-11,13-16,25,30H,3-7,9,12,17-20H2,1-2H3. The van der Waals surface area contributed by atoms with Crippen molar-refractivity contribution in [2.45, 2.75) is 57.5 Å². The number of benzene rings is 2. The second-order valence-corrected chi connectivity index (χ2v) is 10.7. The number of anilines is 1. The number of nitrogens with zero attached hydrogens (tertiary/aromatic N) is 3. The van der Waals surface area contributed by atoms with Crippen LogP contribution in [0.2, 0.25) is 0 Å². The number of para-hydroxylation sites is 1. The van der Waals surface area contributed by atoms with E-state index >= 15 is 0 Å². The first-order valence-corrected chi connectivity index (χ1v) is 14.3. The average molecular weight is 574 g/mol. The summed E-state index contributed by atoms with van der Waals surface area (Å²) in [5.41, 5.74) is 2.83. The second-order valence-electron chi connectivity index (χ2n) is 9.88. The van der Waals surface area contributed by atoms with Crippen molar-refractivity contribution in [3.63, 3.8) is 0 Å². The van der Waals surface area contributed by atoms with Crippen molar-refractivity contribution >= 4 is 38.6 Å². The van der Waals surface area contributed by atoms with Crippen LogP contribution in [0.5, 0.6) is 5.75 Å². The van der Waals surface area contributed by atoms with Gasteiger partial charge in [-0.25, -0.2) is 9.59 Å². The van der Waals surface area contributed by atoms with Crippen LogP contribution in [-0.4, -0.2) is 45.2 Å². The predicted octanol–water partition coefficient (Wildman–Crippen LogP) is 5.48. The third kappa shape index (κ3) is 5.94. The quantitative estimate of drug-likeness (QED) is 0.134. The van der Waals surface area contributed by atoms with Crippen LogP contribution in [-0.2, 0) is 18.4 Å². The fraction of sp³-hybridized carbons (Fsp3) is 0.500. The van der Waals surface area contributed by atoms with Gasteiger partial charge in [0.1, 0.15) is 12.3 Å². The number of carbonyl (C=O) groups excluding carboxylic acids is 1. The maximum Gasteiger partial charge on any atom is 0.337 e. The number of unbranched alkanes of at least 4 members (excludes halogenated alkanes) is 4. The molecule has 3 aromatic rings. The highest BCUT2D eigenvalue weighted by Gasteiger charge is 2.41. The van der Waals surface area contributed by atoms with Crippen LogP contribution < -0.4 is 15.7 Å². The number of piperidine rings is 1. The molecule has 1 saturated heterocycles. The van der Waals surface area contributed by atoms with Gasteiger partial charge in [0, 0.05) is 24.5 Å². The fourth-order valence-electron chi connectivity index (χ4n) is 5.32. The Kier molecular flexibility index (Phi) is 9.10. The number of ether oxygens (including phenoxy) is 1. The van der Waals surface area contributed by atoms with E-state index in [9.17, 15) is 14.8 Å². The molecular weight excluding hydrogens is 536 g/mol. The summed E-state index contributed by atoms with van der Waals surface area (Å²) in [7, 11) is 3.32. The van der Waals surface area contributed by atoms with Crippen LogP contribution in [0.3, 0.4) is 0 Å². The maximum absolute atomic E-state index is 13.8. The summed E-state index contributed by atoms with van der Waals surface area (Å²) in [4.78, 5) is 27.1. The Morgan fingerprint density at radius 2 is 1.81 bits per heavy atom. The molecule has 4 rings (SSSR count). The van der Waals surface area contributed by atoms with Crippen molar-refractivity contribution in [2.24, 2.45) is 7.05 Å². The largest absolute Gasteiger partial charge is 0.625 e. The average Bonchev–Trinajstić information content (AvgIpc) is 3.16. The zero-order valence-corrected chi connectivity index (χ0v) is 23.3. The summed E-state index contributed by atoms with van der Waals surface area (Å²) in [6.45, 7) is 1.07. The highest BCUT2D eigenvalue weighted by molar-refractivity contribution is 9.09. The Balaban J connectivity index is 1.55. The van der Waals surface area contributed by atoms with Crippen molar-refractivity contribution in [3.05, 3.63) is 63.7 Å². The van der Waals surface area contributed by atoms with Gasteiger partial charge < -0.3 is 15.3 Å². The van der Waals surface area contributed by atoms with E-state index in [1.54, 1.807) is 35.4 Å². The van der Waals surface area contributed by atoms with Crippen LogP contribution in [0.4, 0.5) is 5.69 Å². The van der Waals surface area contributed by atoms with E-state index in [1.165, 1.54) is 19.3 Å². The minimum absolute atomic E-state index is 0.0429. The molecule has 1 aromatic heterocycles. The van der Waals surface area contributed by atoms with Gasteiger partial charge in [-0.2, -0.15) is 0 Å². The molecule has 200 valence electrons. The van der Waals surface area contributed by atoms with Crippen LogP contribution in [0.1, 0.15) is 56.6 Å². The molecule has 2 aromatic carbocycles. The van der Waals surface area contributed by atoms with Gasteiger partial charge in [0.15, 0.2) is 6.04 Å². The topological polar surface area (TPSA) is 88.3 Å². The number of alkyl halides is 1. The number of likely N-dealkylation sites (tertiary alicyclic amines) is 1. The molecule has 37 heavy (non-hydrogen) atoms. The van der Waals surface area contributed by atoms with E-state index in [0.717, 1.165) is 41.5 Å². The number of aromatic nitrogens is 2. The molecule has 2 heterocycles. The molecule has 2 unspecified atom stereocenters.